The molecule has 4 heteroatoms. The van der Waals surface area contributed by atoms with E-state index in [2.05, 4.69) is 36.7 Å². The Morgan fingerprint density at radius 1 is 1.12 bits per heavy atom. The van der Waals surface area contributed by atoms with Crippen LogP contribution in [0.15, 0.2) is 29.2 Å². The summed E-state index contributed by atoms with van der Waals surface area (Å²) in [4.78, 5) is 0.403. The highest BCUT2D eigenvalue weighted by atomic mass is 79.9. The average Bonchev–Trinajstić information content (AvgIpc) is 2.16. The second-order valence-corrected chi connectivity index (χ2v) is 7.68. The molecule has 2 nitrogen and oxygen atoms in total. The molecule has 0 fully saturated rings. The Kier molecular flexibility index (Phi) is 4.18. The highest BCUT2D eigenvalue weighted by molar-refractivity contribution is 9.09. The Bertz CT molecular complexity index is 441. The molecule has 0 aliphatic carbocycles. The predicted molar refractivity (Wildman–Crippen MR) is 71.0 cm³/mol. The van der Waals surface area contributed by atoms with Crippen molar-refractivity contribution in [3.63, 3.8) is 0 Å². The Labute approximate surface area is 106 Å². The van der Waals surface area contributed by atoms with Crippen LogP contribution in [-0.2, 0) is 15.3 Å². The minimum absolute atomic E-state index is 0.0533. The zero-order valence-corrected chi connectivity index (χ0v) is 12.2. The standard InChI is InChI=1S/C12H17BrO2S/c1-12(2,3)10-4-6-11(7-5-10)16(14,15)9-8-13/h4-7H,8-9H2,1-3H3. The first-order valence-electron chi connectivity index (χ1n) is 5.16. The van der Waals surface area contributed by atoms with E-state index < -0.39 is 9.84 Å². The lowest BCUT2D eigenvalue weighted by Gasteiger charge is -2.19. The summed E-state index contributed by atoms with van der Waals surface area (Å²) < 4.78 is 23.5. The minimum Gasteiger partial charge on any atom is -0.224 e. The van der Waals surface area contributed by atoms with Crippen LogP contribution in [0.4, 0.5) is 0 Å². The number of hydrogen-bond acceptors (Lipinski definition) is 2. The molecule has 0 aliphatic rings. The van der Waals surface area contributed by atoms with Crippen molar-refractivity contribution < 1.29 is 8.42 Å². The smallest absolute Gasteiger partial charge is 0.179 e. The zero-order chi connectivity index (χ0) is 12.4. The van der Waals surface area contributed by atoms with Crippen molar-refractivity contribution in [3.8, 4) is 0 Å². The average molecular weight is 305 g/mol. The Balaban J connectivity index is 3.05. The van der Waals surface area contributed by atoms with E-state index in [4.69, 9.17) is 0 Å². The van der Waals surface area contributed by atoms with Crippen molar-refractivity contribution in [2.45, 2.75) is 31.1 Å². The third-order valence-electron chi connectivity index (χ3n) is 2.43. The number of sulfone groups is 1. The minimum atomic E-state index is -3.12. The van der Waals surface area contributed by atoms with Crippen LogP contribution in [0.5, 0.6) is 0 Å². The zero-order valence-electron chi connectivity index (χ0n) is 9.83. The molecule has 0 aliphatic heterocycles. The van der Waals surface area contributed by atoms with E-state index in [0.29, 0.717) is 10.2 Å². The summed E-state index contributed by atoms with van der Waals surface area (Å²) in [7, 11) is -3.12. The van der Waals surface area contributed by atoms with Gasteiger partial charge in [0.1, 0.15) is 0 Å². The number of alkyl halides is 1. The van der Waals surface area contributed by atoms with Gasteiger partial charge in [0.05, 0.1) is 10.6 Å². The molecule has 0 N–H and O–H groups in total. The predicted octanol–water partition coefficient (Wildman–Crippen LogP) is 3.15. The van der Waals surface area contributed by atoms with Gasteiger partial charge >= 0.3 is 0 Å². The Morgan fingerprint density at radius 3 is 2.00 bits per heavy atom. The van der Waals surface area contributed by atoms with Gasteiger partial charge in [-0.05, 0) is 23.1 Å². The second kappa shape index (κ2) is 4.88. The fourth-order valence-electron chi connectivity index (χ4n) is 1.38. The summed E-state index contributed by atoms with van der Waals surface area (Å²) in [5.74, 6) is 0.141. The maximum Gasteiger partial charge on any atom is 0.179 e. The third-order valence-corrected chi connectivity index (χ3v) is 5.08. The topological polar surface area (TPSA) is 34.1 Å². The fraction of sp³-hybridized carbons (Fsp3) is 0.500. The van der Waals surface area contributed by atoms with Crippen molar-refractivity contribution in [1.82, 2.24) is 0 Å². The van der Waals surface area contributed by atoms with E-state index in [1.54, 1.807) is 12.1 Å². The SMILES string of the molecule is CC(C)(C)c1ccc(S(=O)(=O)CCBr)cc1. The van der Waals surface area contributed by atoms with Crippen LogP contribution in [-0.4, -0.2) is 19.5 Å². The summed E-state index contributed by atoms with van der Waals surface area (Å²) in [5, 5.41) is 0.469. The summed E-state index contributed by atoms with van der Waals surface area (Å²) >= 11 is 3.15. The lowest BCUT2D eigenvalue weighted by Crippen LogP contribution is -2.12. The van der Waals surface area contributed by atoms with E-state index in [1.807, 2.05) is 12.1 Å². The van der Waals surface area contributed by atoms with Crippen molar-refractivity contribution >= 4 is 25.8 Å². The monoisotopic (exact) mass is 304 g/mol. The Morgan fingerprint density at radius 2 is 1.62 bits per heavy atom. The maximum absolute atomic E-state index is 11.8. The molecule has 1 aromatic carbocycles. The second-order valence-electron chi connectivity index (χ2n) is 4.78. The molecule has 0 radical (unpaired) electrons. The van der Waals surface area contributed by atoms with Crippen LogP contribution in [0.1, 0.15) is 26.3 Å². The van der Waals surface area contributed by atoms with Gasteiger partial charge in [0.2, 0.25) is 0 Å². The quantitative estimate of drug-likeness (QED) is 0.804. The summed E-state index contributed by atoms with van der Waals surface area (Å²) in [6.45, 7) is 6.32. The molecule has 0 spiro atoms. The van der Waals surface area contributed by atoms with E-state index in [9.17, 15) is 8.42 Å². The first-order valence-corrected chi connectivity index (χ1v) is 7.94. The van der Waals surface area contributed by atoms with Crippen LogP contribution in [0.3, 0.4) is 0 Å². The van der Waals surface area contributed by atoms with E-state index in [0.717, 1.165) is 5.56 Å². The van der Waals surface area contributed by atoms with Gasteiger partial charge in [0, 0.05) is 5.33 Å². The van der Waals surface area contributed by atoms with Crippen molar-refractivity contribution in [1.29, 1.82) is 0 Å². The van der Waals surface area contributed by atoms with E-state index >= 15 is 0 Å². The first-order chi connectivity index (χ1) is 7.27. The largest absolute Gasteiger partial charge is 0.224 e. The van der Waals surface area contributed by atoms with Crippen LogP contribution in [0.25, 0.3) is 0 Å². The molecular formula is C12H17BrO2S. The highest BCUT2D eigenvalue weighted by Gasteiger charge is 2.16. The molecule has 1 aromatic rings. The molecule has 0 atom stereocenters. The van der Waals surface area contributed by atoms with Crippen LogP contribution in [0, 0.1) is 0 Å². The number of rotatable bonds is 3. The molecule has 0 bridgehead atoms. The Hall–Kier alpha value is -0.350. The van der Waals surface area contributed by atoms with E-state index in [-0.39, 0.29) is 11.2 Å². The van der Waals surface area contributed by atoms with Gasteiger partial charge in [0.25, 0.3) is 0 Å². The normalized spacial score (nSPS) is 12.8. The number of hydrogen-bond donors (Lipinski definition) is 0. The molecule has 0 aromatic heterocycles. The van der Waals surface area contributed by atoms with Gasteiger partial charge in [-0.25, -0.2) is 8.42 Å². The number of halogens is 1. The molecule has 0 saturated heterocycles. The van der Waals surface area contributed by atoms with Crippen LogP contribution < -0.4 is 0 Å². The fourth-order valence-corrected chi connectivity index (χ4v) is 3.65. The van der Waals surface area contributed by atoms with Crippen molar-refractivity contribution in [2.75, 3.05) is 11.1 Å². The van der Waals surface area contributed by atoms with Crippen LogP contribution >= 0.6 is 15.9 Å². The molecule has 0 saturated carbocycles. The summed E-state index contributed by atoms with van der Waals surface area (Å²) in [6, 6.07) is 7.17. The van der Waals surface area contributed by atoms with Crippen molar-refractivity contribution in [3.05, 3.63) is 29.8 Å². The first kappa shape index (κ1) is 13.7. The molecule has 1 rings (SSSR count). The van der Waals surface area contributed by atoms with Gasteiger partial charge in [-0.15, -0.1) is 0 Å². The van der Waals surface area contributed by atoms with Gasteiger partial charge in [-0.1, -0.05) is 48.8 Å². The highest BCUT2D eigenvalue weighted by Crippen LogP contribution is 2.23. The lowest BCUT2D eigenvalue weighted by molar-refractivity contribution is 0.586. The van der Waals surface area contributed by atoms with Gasteiger partial charge < -0.3 is 0 Å². The molecular weight excluding hydrogens is 288 g/mol. The third kappa shape index (κ3) is 3.32. The van der Waals surface area contributed by atoms with Gasteiger partial charge in [-0.3, -0.25) is 0 Å². The molecule has 0 unspecified atom stereocenters. The molecule has 90 valence electrons. The molecule has 0 heterocycles. The maximum atomic E-state index is 11.8. The van der Waals surface area contributed by atoms with Gasteiger partial charge in [0.15, 0.2) is 9.84 Å². The summed E-state index contributed by atoms with van der Waals surface area (Å²) in [5.41, 5.74) is 1.20. The molecule has 16 heavy (non-hydrogen) atoms. The van der Waals surface area contributed by atoms with E-state index in [1.165, 1.54) is 0 Å². The van der Waals surface area contributed by atoms with Gasteiger partial charge in [-0.2, -0.15) is 0 Å². The van der Waals surface area contributed by atoms with Crippen LogP contribution in [0.2, 0.25) is 0 Å². The summed E-state index contributed by atoms with van der Waals surface area (Å²) in [6.07, 6.45) is 0. The van der Waals surface area contributed by atoms with Crippen molar-refractivity contribution in [2.24, 2.45) is 0 Å². The molecule has 0 amide bonds. The number of benzene rings is 1. The lowest BCUT2D eigenvalue weighted by atomic mass is 9.87.